The Morgan fingerprint density at radius 3 is 2.57 bits per heavy atom. The molecule has 1 aliphatic heterocycles. The van der Waals surface area contributed by atoms with E-state index < -0.39 is 0 Å². The standard InChI is InChI=1S/C16H25N5/c1-11-13(10-17-20(11)5)15-19-18-14-7-6-12(16(2,3)4)8-9-21(14)15/h10,12H,6-9H2,1-5H3. The van der Waals surface area contributed by atoms with Crippen molar-refractivity contribution in [3.05, 3.63) is 17.7 Å². The van der Waals surface area contributed by atoms with Crippen molar-refractivity contribution in [2.75, 3.05) is 0 Å². The molecule has 0 N–H and O–H groups in total. The highest BCUT2D eigenvalue weighted by atomic mass is 15.3. The summed E-state index contributed by atoms with van der Waals surface area (Å²) >= 11 is 0. The molecular weight excluding hydrogens is 262 g/mol. The van der Waals surface area contributed by atoms with Crippen LogP contribution in [-0.4, -0.2) is 24.5 Å². The number of aromatic nitrogens is 5. The van der Waals surface area contributed by atoms with Crippen LogP contribution in [-0.2, 0) is 20.0 Å². The van der Waals surface area contributed by atoms with Crippen molar-refractivity contribution in [1.82, 2.24) is 24.5 Å². The molecule has 1 atom stereocenters. The lowest BCUT2D eigenvalue weighted by Crippen LogP contribution is -2.21. The zero-order chi connectivity index (χ0) is 15.2. The molecule has 1 aliphatic rings. The second-order valence-electron chi connectivity index (χ2n) is 7.25. The normalized spacial score (nSPS) is 19.4. The molecule has 0 aromatic carbocycles. The van der Waals surface area contributed by atoms with Gasteiger partial charge >= 0.3 is 0 Å². The van der Waals surface area contributed by atoms with Crippen molar-refractivity contribution < 1.29 is 0 Å². The molecule has 0 saturated heterocycles. The second kappa shape index (κ2) is 4.97. The Morgan fingerprint density at radius 2 is 1.95 bits per heavy atom. The Morgan fingerprint density at radius 1 is 1.19 bits per heavy atom. The van der Waals surface area contributed by atoms with Gasteiger partial charge in [-0.2, -0.15) is 5.10 Å². The topological polar surface area (TPSA) is 48.5 Å². The Bertz CT molecular complexity index is 644. The van der Waals surface area contributed by atoms with Crippen molar-refractivity contribution in [2.45, 2.75) is 53.5 Å². The maximum absolute atomic E-state index is 4.44. The van der Waals surface area contributed by atoms with Crippen LogP contribution in [0.4, 0.5) is 0 Å². The van der Waals surface area contributed by atoms with Crippen LogP contribution >= 0.6 is 0 Å². The molecular formula is C16H25N5. The molecule has 2 aromatic rings. The minimum atomic E-state index is 0.363. The minimum absolute atomic E-state index is 0.363. The van der Waals surface area contributed by atoms with E-state index in [1.54, 1.807) is 0 Å². The average Bonchev–Trinajstić information content (AvgIpc) is 2.86. The first-order valence-electron chi connectivity index (χ1n) is 7.79. The van der Waals surface area contributed by atoms with E-state index in [4.69, 9.17) is 0 Å². The first-order valence-corrected chi connectivity index (χ1v) is 7.79. The molecule has 2 aromatic heterocycles. The summed E-state index contributed by atoms with van der Waals surface area (Å²) in [6, 6.07) is 0. The summed E-state index contributed by atoms with van der Waals surface area (Å²) in [7, 11) is 1.97. The number of aryl methyl sites for hydroxylation is 2. The lowest BCUT2D eigenvalue weighted by Gasteiger charge is -2.29. The smallest absolute Gasteiger partial charge is 0.167 e. The summed E-state index contributed by atoms with van der Waals surface area (Å²) in [6.07, 6.45) is 5.32. The lowest BCUT2D eigenvalue weighted by atomic mass is 9.76. The summed E-state index contributed by atoms with van der Waals surface area (Å²) in [5.41, 5.74) is 2.61. The van der Waals surface area contributed by atoms with Gasteiger partial charge in [0.05, 0.1) is 11.8 Å². The molecule has 0 fully saturated rings. The van der Waals surface area contributed by atoms with Gasteiger partial charge in [0.2, 0.25) is 0 Å². The Hall–Kier alpha value is -1.65. The largest absolute Gasteiger partial charge is 0.311 e. The molecule has 5 nitrogen and oxygen atoms in total. The van der Waals surface area contributed by atoms with E-state index in [1.165, 1.54) is 12.8 Å². The summed E-state index contributed by atoms with van der Waals surface area (Å²) in [6.45, 7) is 10.1. The quantitative estimate of drug-likeness (QED) is 0.810. The van der Waals surface area contributed by atoms with E-state index in [0.29, 0.717) is 5.41 Å². The summed E-state index contributed by atoms with van der Waals surface area (Å²) in [5, 5.41) is 13.2. The number of hydrogen-bond donors (Lipinski definition) is 0. The first-order chi connectivity index (χ1) is 9.88. The van der Waals surface area contributed by atoms with Gasteiger partial charge in [-0.15, -0.1) is 10.2 Å². The van der Waals surface area contributed by atoms with Crippen LogP contribution in [0.15, 0.2) is 6.20 Å². The molecule has 3 heterocycles. The third kappa shape index (κ3) is 2.49. The van der Waals surface area contributed by atoms with Gasteiger partial charge in [-0.1, -0.05) is 20.8 Å². The van der Waals surface area contributed by atoms with E-state index in [2.05, 4.69) is 47.6 Å². The summed E-state index contributed by atoms with van der Waals surface area (Å²) < 4.78 is 4.20. The number of nitrogens with zero attached hydrogens (tertiary/aromatic N) is 5. The molecule has 3 rings (SSSR count). The van der Waals surface area contributed by atoms with Crippen LogP contribution in [0.25, 0.3) is 11.4 Å². The highest BCUT2D eigenvalue weighted by Crippen LogP contribution is 2.35. The molecule has 0 spiro atoms. The molecule has 0 amide bonds. The van der Waals surface area contributed by atoms with Gasteiger partial charge in [0, 0.05) is 25.7 Å². The van der Waals surface area contributed by atoms with Crippen LogP contribution in [0.5, 0.6) is 0 Å². The fourth-order valence-electron chi connectivity index (χ4n) is 3.27. The zero-order valence-electron chi connectivity index (χ0n) is 13.7. The van der Waals surface area contributed by atoms with E-state index >= 15 is 0 Å². The van der Waals surface area contributed by atoms with Crippen LogP contribution in [0.2, 0.25) is 0 Å². The zero-order valence-corrected chi connectivity index (χ0v) is 13.7. The number of fused-ring (bicyclic) bond motifs is 1. The third-order valence-corrected chi connectivity index (χ3v) is 4.95. The lowest BCUT2D eigenvalue weighted by molar-refractivity contribution is 0.212. The van der Waals surface area contributed by atoms with Crippen LogP contribution < -0.4 is 0 Å². The molecule has 0 aliphatic carbocycles. The van der Waals surface area contributed by atoms with Gasteiger partial charge in [-0.3, -0.25) is 4.68 Å². The van der Waals surface area contributed by atoms with Gasteiger partial charge in [-0.05, 0) is 31.1 Å². The highest BCUT2D eigenvalue weighted by Gasteiger charge is 2.29. The molecule has 21 heavy (non-hydrogen) atoms. The maximum atomic E-state index is 4.44. The minimum Gasteiger partial charge on any atom is -0.311 e. The van der Waals surface area contributed by atoms with Crippen molar-refractivity contribution >= 4 is 0 Å². The van der Waals surface area contributed by atoms with Gasteiger partial charge in [0.1, 0.15) is 5.82 Å². The van der Waals surface area contributed by atoms with Gasteiger partial charge in [0.25, 0.3) is 0 Å². The fourth-order valence-corrected chi connectivity index (χ4v) is 3.27. The van der Waals surface area contributed by atoms with Crippen molar-refractivity contribution in [1.29, 1.82) is 0 Å². The predicted molar refractivity (Wildman–Crippen MR) is 82.8 cm³/mol. The van der Waals surface area contributed by atoms with Gasteiger partial charge < -0.3 is 4.57 Å². The van der Waals surface area contributed by atoms with Gasteiger partial charge in [0.15, 0.2) is 5.82 Å². The van der Waals surface area contributed by atoms with Gasteiger partial charge in [-0.25, -0.2) is 0 Å². The van der Waals surface area contributed by atoms with Crippen molar-refractivity contribution in [3.8, 4) is 11.4 Å². The Labute approximate surface area is 126 Å². The number of hydrogen-bond acceptors (Lipinski definition) is 3. The molecule has 0 radical (unpaired) electrons. The van der Waals surface area contributed by atoms with E-state index in [0.717, 1.165) is 41.8 Å². The van der Waals surface area contributed by atoms with Crippen LogP contribution in [0, 0.1) is 18.3 Å². The average molecular weight is 287 g/mol. The van der Waals surface area contributed by atoms with E-state index in [-0.39, 0.29) is 0 Å². The highest BCUT2D eigenvalue weighted by molar-refractivity contribution is 5.57. The Kier molecular flexibility index (Phi) is 3.38. The molecule has 0 saturated carbocycles. The van der Waals surface area contributed by atoms with Crippen LogP contribution in [0.3, 0.4) is 0 Å². The summed E-state index contributed by atoms with van der Waals surface area (Å²) in [5.74, 6) is 2.84. The second-order valence-corrected chi connectivity index (χ2v) is 7.25. The number of rotatable bonds is 1. The predicted octanol–water partition coefficient (Wildman–Crippen LogP) is 2.99. The van der Waals surface area contributed by atoms with Crippen molar-refractivity contribution in [2.24, 2.45) is 18.4 Å². The van der Waals surface area contributed by atoms with Crippen LogP contribution in [0.1, 0.15) is 45.1 Å². The molecule has 5 heteroatoms. The SMILES string of the molecule is Cc1c(-c2nnc3n2CCC(C(C)(C)C)CC3)cnn1C. The molecule has 114 valence electrons. The molecule has 0 bridgehead atoms. The Balaban J connectivity index is 1.93. The van der Waals surface area contributed by atoms with E-state index in [1.807, 2.05) is 17.9 Å². The van der Waals surface area contributed by atoms with E-state index in [9.17, 15) is 0 Å². The van der Waals surface area contributed by atoms with Crippen molar-refractivity contribution in [3.63, 3.8) is 0 Å². The third-order valence-electron chi connectivity index (χ3n) is 4.95. The molecule has 1 unspecified atom stereocenters. The monoisotopic (exact) mass is 287 g/mol. The summed E-state index contributed by atoms with van der Waals surface area (Å²) in [4.78, 5) is 0. The fraction of sp³-hybridized carbons (Fsp3) is 0.688. The maximum Gasteiger partial charge on any atom is 0.167 e. The first kappa shape index (κ1) is 14.3.